The molecule has 1 heterocycles. The third-order valence-corrected chi connectivity index (χ3v) is 3.86. The lowest BCUT2D eigenvalue weighted by Gasteiger charge is -2.17. The van der Waals surface area contributed by atoms with E-state index in [0.29, 0.717) is 24.1 Å². The quantitative estimate of drug-likeness (QED) is 0.699. The topological polar surface area (TPSA) is 46.2 Å². The third kappa shape index (κ3) is 1.42. The van der Waals surface area contributed by atoms with Gasteiger partial charge in [-0.25, -0.2) is 17.5 Å². The van der Waals surface area contributed by atoms with Crippen molar-refractivity contribution < 1.29 is 12.8 Å². The molecule has 1 aromatic carbocycles. The molecule has 0 radical (unpaired) electrons. The van der Waals surface area contributed by atoms with Gasteiger partial charge in [-0.15, -0.1) is 0 Å². The molecule has 0 atom stereocenters. The lowest BCUT2D eigenvalue weighted by Crippen LogP contribution is -2.31. The highest BCUT2D eigenvalue weighted by atomic mass is 32.2. The summed E-state index contributed by atoms with van der Waals surface area (Å²) in [5, 5.41) is 0. The summed E-state index contributed by atoms with van der Waals surface area (Å²) in [7, 11) is -3.40. The number of halogens is 1. The Kier molecular flexibility index (Phi) is 2.08. The van der Waals surface area contributed by atoms with Crippen molar-refractivity contribution in [2.24, 2.45) is 0 Å². The van der Waals surface area contributed by atoms with E-state index >= 15 is 0 Å². The molecule has 2 rings (SSSR count). The van der Waals surface area contributed by atoms with Crippen molar-refractivity contribution in [3.05, 3.63) is 29.1 Å². The number of sulfonamides is 1. The first-order valence-electron chi connectivity index (χ1n) is 4.29. The third-order valence-electron chi connectivity index (χ3n) is 2.32. The molecule has 0 aromatic heterocycles. The van der Waals surface area contributed by atoms with Gasteiger partial charge in [-0.2, -0.15) is 0 Å². The standard InChI is InChI=1S/C9H10FNO2S/c1-6-4-9-7(5-8(6)10)2-3-11-14(9,12)13/h4-5,11H,2-3H2,1H3/i10-1. The van der Waals surface area contributed by atoms with Crippen LogP contribution in [0.2, 0.25) is 0 Å². The van der Waals surface area contributed by atoms with E-state index in [-0.39, 0.29) is 10.7 Å². The van der Waals surface area contributed by atoms with Crippen molar-refractivity contribution in [2.45, 2.75) is 18.2 Å². The number of nitrogens with one attached hydrogen (secondary N) is 1. The molecule has 14 heavy (non-hydrogen) atoms. The van der Waals surface area contributed by atoms with E-state index in [9.17, 15) is 12.8 Å². The van der Waals surface area contributed by atoms with Crippen LogP contribution in [0.5, 0.6) is 0 Å². The van der Waals surface area contributed by atoms with E-state index in [2.05, 4.69) is 4.72 Å². The van der Waals surface area contributed by atoms with E-state index in [1.165, 1.54) is 12.1 Å². The van der Waals surface area contributed by atoms with Gasteiger partial charge in [0.2, 0.25) is 10.0 Å². The number of fused-ring (bicyclic) bond motifs is 1. The van der Waals surface area contributed by atoms with Crippen LogP contribution in [0.1, 0.15) is 11.1 Å². The Morgan fingerprint density at radius 1 is 1.43 bits per heavy atom. The van der Waals surface area contributed by atoms with Crippen LogP contribution in [-0.2, 0) is 16.4 Å². The molecule has 1 aromatic rings. The molecular weight excluding hydrogens is 204 g/mol. The Labute approximate surface area is 82.0 Å². The Morgan fingerprint density at radius 3 is 2.86 bits per heavy atom. The fourth-order valence-corrected chi connectivity index (χ4v) is 2.90. The SMILES string of the molecule is Cc1cc2c(cc1[18F])CCNS2(=O)=O. The fourth-order valence-electron chi connectivity index (χ4n) is 1.54. The maximum absolute atomic E-state index is 13.1. The van der Waals surface area contributed by atoms with Crippen LogP contribution in [0.3, 0.4) is 0 Å². The van der Waals surface area contributed by atoms with Gasteiger partial charge in [0.05, 0.1) is 4.90 Å². The lowest BCUT2D eigenvalue weighted by atomic mass is 10.1. The number of rotatable bonds is 0. The van der Waals surface area contributed by atoms with Gasteiger partial charge >= 0.3 is 0 Å². The van der Waals surface area contributed by atoms with Crippen LogP contribution in [0.4, 0.5) is 4.39 Å². The zero-order chi connectivity index (χ0) is 10.3. The highest BCUT2D eigenvalue weighted by Crippen LogP contribution is 2.23. The molecule has 3 nitrogen and oxygen atoms in total. The minimum atomic E-state index is -3.40. The Bertz CT molecular complexity index is 482. The van der Waals surface area contributed by atoms with Gasteiger partial charge in [0.15, 0.2) is 0 Å². The average Bonchev–Trinajstić information content (AvgIpc) is 2.08. The molecule has 0 amide bonds. The predicted octanol–water partition coefficient (Wildman–Crippen LogP) is 0.969. The second-order valence-electron chi connectivity index (χ2n) is 3.36. The van der Waals surface area contributed by atoms with Crippen molar-refractivity contribution in [1.29, 1.82) is 0 Å². The minimum absolute atomic E-state index is 0.211. The van der Waals surface area contributed by atoms with Crippen LogP contribution in [0.25, 0.3) is 0 Å². The fraction of sp³-hybridized carbons (Fsp3) is 0.333. The van der Waals surface area contributed by atoms with E-state index in [1.54, 1.807) is 6.92 Å². The number of aryl methyl sites for hydroxylation is 1. The van der Waals surface area contributed by atoms with Gasteiger partial charge < -0.3 is 0 Å². The van der Waals surface area contributed by atoms with E-state index in [0.717, 1.165) is 0 Å². The summed E-state index contributed by atoms with van der Waals surface area (Å²) in [5.74, 6) is -0.346. The van der Waals surface area contributed by atoms with Gasteiger partial charge in [-0.05, 0) is 36.6 Å². The van der Waals surface area contributed by atoms with Crippen molar-refractivity contribution >= 4 is 10.0 Å². The van der Waals surface area contributed by atoms with E-state index in [4.69, 9.17) is 0 Å². The second kappa shape index (κ2) is 3.03. The first-order valence-corrected chi connectivity index (χ1v) is 5.78. The van der Waals surface area contributed by atoms with E-state index < -0.39 is 10.0 Å². The summed E-state index contributed by atoms with van der Waals surface area (Å²) in [6.45, 7) is 1.90. The van der Waals surface area contributed by atoms with Crippen LogP contribution >= 0.6 is 0 Å². The summed E-state index contributed by atoms with van der Waals surface area (Å²) in [6.07, 6.45) is 0.547. The number of hydrogen-bond acceptors (Lipinski definition) is 2. The van der Waals surface area contributed by atoms with Crippen molar-refractivity contribution in [3.63, 3.8) is 0 Å². The zero-order valence-electron chi connectivity index (χ0n) is 7.67. The number of benzene rings is 1. The summed E-state index contributed by atoms with van der Waals surface area (Å²) in [6, 6.07) is 2.69. The monoisotopic (exact) mass is 214 g/mol. The first-order chi connectivity index (χ1) is 6.50. The largest absolute Gasteiger partial charge is 0.240 e. The van der Waals surface area contributed by atoms with Crippen molar-refractivity contribution in [1.82, 2.24) is 4.72 Å². The predicted molar refractivity (Wildman–Crippen MR) is 50.0 cm³/mol. The highest BCUT2D eigenvalue weighted by Gasteiger charge is 2.23. The van der Waals surface area contributed by atoms with Gasteiger partial charge in [0.1, 0.15) is 5.82 Å². The summed E-state index contributed by atoms with van der Waals surface area (Å²) in [4.78, 5) is 0.211. The van der Waals surface area contributed by atoms with Crippen molar-refractivity contribution in [3.8, 4) is 0 Å². The lowest BCUT2D eigenvalue weighted by molar-refractivity contribution is 0.569. The maximum atomic E-state index is 13.1. The van der Waals surface area contributed by atoms with Gasteiger partial charge in [-0.3, -0.25) is 0 Å². The first kappa shape index (κ1) is 9.61. The smallest absolute Gasteiger partial charge is 0.211 e. The number of hydrogen-bond donors (Lipinski definition) is 1. The Balaban J connectivity index is 2.71. The Hall–Kier alpha value is -0.940. The van der Waals surface area contributed by atoms with Crippen molar-refractivity contribution in [2.75, 3.05) is 6.54 Å². The summed E-state index contributed by atoms with van der Waals surface area (Å²) in [5.41, 5.74) is 0.919. The highest BCUT2D eigenvalue weighted by molar-refractivity contribution is 7.89. The molecule has 1 aliphatic heterocycles. The zero-order valence-corrected chi connectivity index (χ0v) is 8.49. The Morgan fingerprint density at radius 2 is 2.14 bits per heavy atom. The molecule has 76 valence electrons. The molecule has 0 unspecified atom stereocenters. The molecule has 1 N–H and O–H groups in total. The van der Waals surface area contributed by atoms with Crippen LogP contribution in [0.15, 0.2) is 17.0 Å². The molecule has 0 aliphatic carbocycles. The molecule has 0 bridgehead atoms. The molecule has 1 aliphatic rings. The molecule has 5 heteroatoms. The molecule has 0 spiro atoms. The molecule has 0 saturated carbocycles. The van der Waals surface area contributed by atoms with Gasteiger partial charge in [0.25, 0.3) is 0 Å². The maximum Gasteiger partial charge on any atom is 0.240 e. The summed E-state index contributed by atoms with van der Waals surface area (Å²) < 4.78 is 38.6. The molecule has 0 saturated heterocycles. The van der Waals surface area contributed by atoms with Crippen LogP contribution in [-0.4, -0.2) is 15.0 Å². The average molecular weight is 214 g/mol. The van der Waals surface area contributed by atoms with Gasteiger partial charge in [-0.1, -0.05) is 0 Å². The normalized spacial score (nSPS) is 19.0. The van der Waals surface area contributed by atoms with E-state index in [1.807, 2.05) is 0 Å². The van der Waals surface area contributed by atoms with Crippen LogP contribution in [0, 0.1) is 12.7 Å². The summed E-state index contributed by atoms with van der Waals surface area (Å²) >= 11 is 0. The minimum Gasteiger partial charge on any atom is -0.211 e. The van der Waals surface area contributed by atoms with Crippen LogP contribution < -0.4 is 4.72 Å². The molecular formula is C9H10FNO2S. The molecule has 0 fully saturated rings. The second-order valence-corrected chi connectivity index (χ2v) is 5.09. The van der Waals surface area contributed by atoms with Gasteiger partial charge in [0, 0.05) is 6.54 Å².